The predicted molar refractivity (Wildman–Crippen MR) is 155 cm³/mol. The molecule has 0 spiro atoms. The van der Waals surface area contributed by atoms with Crippen LogP contribution in [-0.2, 0) is 29.1 Å². The summed E-state index contributed by atoms with van der Waals surface area (Å²) >= 11 is 0. The molecule has 4 atom stereocenters. The van der Waals surface area contributed by atoms with Gasteiger partial charge >= 0.3 is 0 Å². The average Bonchev–Trinajstić information content (AvgIpc) is 2.92. The number of Topliss-reactive ketones (excluding diaryl/α,β-unsaturated/α-hetero) is 2. The molecule has 0 aliphatic heterocycles. The fraction of sp³-hybridized carbons (Fsp3) is 0.387. The van der Waals surface area contributed by atoms with E-state index in [1.54, 1.807) is 14.1 Å². The fourth-order valence-corrected chi connectivity index (χ4v) is 6.82. The number of nitrogens with one attached hydrogen (secondary N) is 1. The largest absolute Gasteiger partial charge is 0.510 e. The Bertz CT molecular complexity index is 1550. The van der Waals surface area contributed by atoms with Crippen LogP contribution >= 0.6 is 0 Å². The number of aromatic hydroxyl groups is 1. The molecule has 0 bridgehead atoms. The van der Waals surface area contributed by atoms with Crippen molar-refractivity contribution in [3.63, 3.8) is 0 Å². The highest BCUT2D eigenvalue weighted by atomic mass is 16.3. The number of nitrogens with zero attached hydrogens (tertiary/aromatic N) is 2. The highest BCUT2D eigenvalue weighted by molar-refractivity contribution is 6.25. The van der Waals surface area contributed by atoms with Crippen molar-refractivity contribution in [2.75, 3.05) is 33.1 Å². The van der Waals surface area contributed by atoms with Gasteiger partial charge in [0.1, 0.15) is 22.8 Å². The lowest BCUT2D eigenvalue weighted by atomic mass is 9.58. The van der Waals surface area contributed by atoms with Crippen molar-refractivity contribution >= 4 is 23.2 Å². The Labute approximate surface area is 243 Å². The lowest BCUT2D eigenvalue weighted by molar-refractivity contribution is -0.148. The molecule has 2 aromatic rings. The summed E-state index contributed by atoms with van der Waals surface area (Å²) in [5.74, 6) is -6.62. The average molecular weight is 577 g/mol. The summed E-state index contributed by atoms with van der Waals surface area (Å²) in [7, 11) is 6.86. The van der Waals surface area contributed by atoms with E-state index in [1.807, 2.05) is 55.4 Å². The van der Waals surface area contributed by atoms with E-state index in [4.69, 9.17) is 5.73 Å². The predicted octanol–water partition coefficient (Wildman–Crippen LogP) is 1.48. The van der Waals surface area contributed by atoms with Gasteiger partial charge < -0.3 is 36.4 Å². The van der Waals surface area contributed by atoms with Crippen LogP contribution in [-0.4, -0.2) is 82.6 Å². The number of phenols is 1. The van der Waals surface area contributed by atoms with Crippen LogP contribution in [0.4, 0.5) is 5.69 Å². The standard InChI is InChI=1S/C31H36N4O7/c1-34(2)20-12-17(14-33-13-15-8-6-5-7-9-15)25(36)22-18(20)10-16-11-19-24(35(3)4)27(38)23(30(32)41)29(40)31(19,42)28(39)21(16)26(22)37/h5-9,12,16,19,24,33,36,38-39,42H,10-11,13-14H2,1-4H3,(H2,32,41)/t16-,19-,24?,31-/m1/s1. The summed E-state index contributed by atoms with van der Waals surface area (Å²) in [5, 5.41) is 48.9. The topological polar surface area (TPSA) is 177 Å². The van der Waals surface area contributed by atoms with Crippen molar-refractivity contribution in [2.45, 2.75) is 37.6 Å². The molecule has 5 rings (SSSR count). The summed E-state index contributed by atoms with van der Waals surface area (Å²) in [4.78, 5) is 43.2. The molecule has 0 saturated heterocycles. The normalized spacial score (nSPS) is 25.3. The van der Waals surface area contributed by atoms with Gasteiger partial charge in [0.15, 0.2) is 11.4 Å². The van der Waals surface area contributed by atoms with Gasteiger partial charge in [0.2, 0.25) is 5.78 Å². The summed E-state index contributed by atoms with van der Waals surface area (Å²) in [6.45, 7) is 0.778. The number of carbonyl (C=O) groups excluding carboxylic acids is 3. The van der Waals surface area contributed by atoms with Crippen molar-refractivity contribution in [1.82, 2.24) is 10.2 Å². The molecule has 0 fully saturated rings. The van der Waals surface area contributed by atoms with E-state index < -0.39 is 58.0 Å². The molecule has 0 aromatic heterocycles. The van der Waals surface area contributed by atoms with Gasteiger partial charge in [0, 0.05) is 49.9 Å². The number of hydrogen-bond donors (Lipinski definition) is 6. The smallest absolute Gasteiger partial charge is 0.255 e. The van der Waals surface area contributed by atoms with Crippen molar-refractivity contribution in [3.05, 3.63) is 81.3 Å². The molecule has 1 amide bonds. The van der Waals surface area contributed by atoms with Crippen LogP contribution in [0.3, 0.4) is 0 Å². The molecule has 0 radical (unpaired) electrons. The number of ketones is 2. The first kappa shape index (κ1) is 29.3. The number of primary amides is 1. The number of nitrogens with two attached hydrogens (primary N) is 1. The van der Waals surface area contributed by atoms with Crippen molar-refractivity contribution < 1.29 is 34.8 Å². The Morgan fingerprint density at radius 3 is 2.33 bits per heavy atom. The van der Waals surface area contributed by atoms with Gasteiger partial charge in [-0.2, -0.15) is 0 Å². The SMILES string of the molecule is CN(C)c1cc(CNCc2ccccc2)c(O)c2c1C[C@@H]1C[C@@H]3C(N(C)C)C(O)=C(C(N)=O)C(=O)[C@]3(O)C(O)=C1C2=O. The van der Waals surface area contributed by atoms with Crippen LogP contribution in [0.25, 0.3) is 0 Å². The highest BCUT2D eigenvalue weighted by Gasteiger charge is 2.63. The number of carbonyl (C=O) groups is 3. The zero-order valence-electron chi connectivity index (χ0n) is 24.0. The van der Waals surface area contributed by atoms with E-state index in [1.165, 1.54) is 4.90 Å². The van der Waals surface area contributed by atoms with Gasteiger partial charge in [0.05, 0.1) is 11.6 Å². The van der Waals surface area contributed by atoms with Gasteiger partial charge in [-0.1, -0.05) is 30.3 Å². The number of phenolic OH excluding ortho intramolecular Hbond substituents is 1. The molecule has 11 nitrogen and oxygen atoms in total. The van der Waals surface area contributed by atoms with Crippen molar-refractivity contribution in [2.24, 2.45) is 17.6 Å². The number of benzene rings is 2. The fourth-order valence-electron chi connectivity index (χ4n) is 6.82. The summed E-state index contributed by atoms with van der Waals surface area (Å²) < 4.78 is 0. The second-order valence-electron chi connectivity index (χ2n) is 11.7. The number of amides is 1. The Morgan fingerprint density at radius 1 is 1.07 bits per heavy atom. The Morgan fingerprint density at radius 2 is 1.74 bits per heavy atom. The van der Waals surface area contributed by atoms with Gasteiger partial charge in [-0.25, -0.2) is 0 Å². The number of aliphatic hydroxyl groups is 3. The summed E-state index contributed by atoms with van der Waals surface area (Å²) in [6, 6.07) is 10.5. The van der Waals surface area contributed by atoms with Crippen LogP contribution in [0.1, 0.15) is 33.5 Å². The van der Waals surface area contributed by atoms with Gasteiger partial charge in [-0.05, 0) is 50.0 Å². The number of rotatable bonds is 7. The third-order valence-electron chi connectivity index (χ3n) is 8.75. The number of allylic oxidation sites excluding steroid dienone is 1. The molecular formula is C31H36N4O7. The lowest BCUT2D eigenvalue weighted by Crippen LogP contribution is -2.63. The maximum absolute atomic E-state index is 14.1. The van der Waals surface area contributed by atoms with Gasteiger partial charge in [-0.15, -0.1) is 0 Å². The van der Waals surface area contributed by atoms with E-state index >= 15 is 0 Å². The van der Waals surface area contributed by atoms with E-state index in [2.05, 4.69) is 5.32 Å². The van der Waals surface area contributed by atoms with Crippen LogP contribution in [0.2, 0.25) is 0 Å². The molecule has 3 aliphatic rings. The van der Waals surface area contributed by atoms with Gasteiger partial charge in [-0.3, -0.25) is 19.3 Å². The van der Waals surface area contributed by atoms with E-state index in [0.29, 0.717) is 17.7 Å². The number of hydrogen-bond acceptors (Lipinski definition) is 10. The number of anilines is 1. The number of likely N-dealkylation sites (N-methyl/N-ethyl adjacent to an activating group) is 1. The van der Waals surface area contributed by atoms with Crippen LogP contribution < -0.4 is 16.0 Å². The number of fused-ring (bicyclic) bond motifs is 3. The maximum atomic E-state index is 14.1. The van der Waals surface area contributed by atoms with Crippen molar-refractivity contribution in [3.8, 4) is 5.75 Å². The zero-order valence-corrected chi connectivity index (χ0v) is 24.0. The first-order chi connectivity index (χ1) is 19.8. The quantitative estimate of drug-likeness (QED) is 0.265. The molecular weight excluding hydrogens is 540 g/mol. The Hall–Kier alpha value is -4.19. The molecule has 0 saturated carbocycles. The molecule has 1 unspecified atom stereocenters. The Balaban J connectivity index is 1.61. The molecule has 7 N–H and O–H groups in total. The third-order valence-corrected chi connectivity index (χ3v) is 8.75. The van der Waals surface area contributed by atoms with Crippen LogP contribution in [0.5, 0.6) is 5.75 Å². The molecule has 11 heteroatoms. The highest BCUT2D eigenvalue weighted by Crippen LogP contribution is 2.53. The van der Waals surface area contributed by atoms with E-state index in [0.717, 1.165) is 11.3 Å². The van der Waals surface area contributed by atoms with Crippen LogP contribution in [0, 0.1) is 11.8 Å². The minimum absolute atomic E-state index is 0.00140. The van der Waals surface area contributed by atoms with E-state index in [9.17, 15) is 34.8 Å². The molecule has 222 valence electrons. The van der Waals surface area contributed by atoms with Gasteiger partial charge in [0.25, 0.3) is 5.91 Å². The lowest BCUT2D eigenvalue weighted by Gasteiger charge is -2.50. The van der Waals surface area contributed by atoms with E-state index in [-0.39, 0.29) is 36.3 Å². The summed E-state index contributed by atoms with van der Waals surface area (Å²) in [6.07, 6.45) is 0.271. The second kappa shape index (κ2) is 10.6. The van der Waals surface area contributed by atoms with Crippen molar-refractivity contribution in [1.29, 1.82) is 0 Å². The molecule has 3 aliphatic carbocycles. The second-order valence-corrected chi connectivity index (χ2v) is 11.7. The third kappa shape index (κ3) is 4.36. The maximum Gasteiger partial charge on any atom is 0.255 e. The molecule has 42 heavy (non-hydrogen) atoms. The molecule has 0 heterocycles. The zero-order chi connectivity index (χ0) is 30.7. The number of aliphatic hydroxyl groups excluding tert-OH is 2. The minimum atomic E-state index is -2.67. The molecule has 2 aromatic carbocycles. The summed E-state index contributed by atoms with van der Waals surface area (Å²) in [5.41, 5.74) is 4.55. The Kier molecular flexibility index (Phi) is 7.38. The van der Waals surface area contributed by atoms with Crippen LogP contribution in [0.15, 0.2) is 59.1 Å². The minimum Gasteiger partial charge on any atom is -0.510 e. The monoisotopic (exact) mass is 576 g/mol. The first-order valence-corrected chi connectivity index (χ1v) is 13.7. The first-order valence-electron chi connectivity index (χ1n) is 13.7.